The Morgan fingerprint density at radius 3 is 2.14 bits per heavy atom. The number of carbonyl (C=O) groups excluding carboxylic acids is 2. The van der Waals surface area contributed by atoms with Gasteiger partial charge in [0.25, 0.3) is 5.91 Å². The Morgan fingerprint density at radius 1 is 0.893 bits per heavy atom. The summed E-state index contributed by atoms with van der Waals surface area (Å²) in [7, 11) is 4.65. The van der Waals surface area contributed by atoms with Crippen LogP contribution in [0.4, 0.5) is 0 Å². The van der Waals surface area contributed by atoms with Gasteiger partial charge in [-0.2, -0.15) is 0 Å². The fourth-order valence-electron chi connectivity index (χ4n) is 2.53. The topological polar surface area (TPSA) is 83.1 Å². The number of amides is 1. The van der Waals surface area contributed by atoms with E-state index in [1.54, 1.807) is 25.3 Å². The van der Waals surface area contributed by atoms with Crippen LogP contribution in [0.5, 0.6) is 17.2 Å². The van der Waals surface area contributed by atoms with Gasteiger partial charge in [-0.25, -0.2) is 0 Å². The maximum Gasteiger partial charge on any atom is 0.311 e. The van der Waals surface area contributed by atoms with Crippen LogP contribution in [0.1, 0.15) is 18.1 Å². The third kappa shape index (κ3) is 5.90. The standard InChI is InChI=1S/C21H25NO6/c1-14(21(24)22-13-15-5-8-17(25-2)9-6-15)28-20(23)12-16-7-10-18(26-3)19(11-16)27-4/h5-11,14H,12-13H2,1-4H3,(H,22,24)/t14-/m0/s1. The number of ether oxygens (including phenoxy) is 4. The summed E-state index contributed by atoms with van der Waals surface area (Å²) < 4.78 is 20.7. The van der Waals surface area contributed by atoms with Crippen LogP contribution in [-0.2, 0) is 27.3 Å². The number of hydrogen-bond acceptors (Lipinski definition) is 6. The molecule has 0 aromatic heterocycles. The Balaban J connectivity index is 1.84. The first-order valence-electron chi connectivity index (χ1n) is 8.77. The molecule has 0 aliphatic heterocycles. The van der Waals surface area contributed by atoms with E-state index in [0.717, 1.165) is 11.3 Å². The Morgan fingerprint density at radius 2 is 1.54 bits per heavy atom. The van der Waals surface area contributed by atoms with E-state index in [0.29, 0.717) is 23.6 Å². The van der Waals surface area contributed by atoms with Crippen molar-refractivity contribution in [3.8, 4) is 17.2 Å². The zero-order chi connectivity index (χ0) is 20.5. The lowest BCUT2D eigenvalue weighted by Gasteiger charge is -2.14. The zero-order valence-corrected chi connectivity index (χ0v) is 16.5. The highest BCUT2D eigenvalue weighted by atomic mass is 16.5. The monoisotopic (exact) mass is 387 g/mol. The fraction of sp³-hybridized carbons (Fsp3) is 0.333. The SMILES string of the molecule is COc1ccc(CNC(=O)[C@H](C)OC(=O)Cc2ccc(OC)c(OC)c2)cc1. The molecule has 7 nitrogen and oxygen atoms in total. The molecule has 0 aliphatic carbocycles. The molecule has 0 saturated heterocycles. The van der Waals surface area contributed by atoms with Crippen molar-refractivity contribution in [2.24, 2.45) is 0 Å². The summed E-state index contributed by atoms with van der Waals surface area (Å²) >= 11 is 0. The molecular formula is C21H25NO6. The second-order valence-electron chi connectivity index (χ2n) is 6.06. The van der Waals surface area contributed by atoms with Gasteiger partial charge >= 0.3 is 5.97 Å². The predicted octanol–water partition coefficient (Wildman–Crippen LogP) is 2.50. The number of benzene rings is 2. The van der Waals surface area contributed by atoms with Crippen LogP contribution in [0.15, 0.2) is 42.5 Å². The van der Waals surface area contributed by atoms with Gasteiger partial charge in [-0.1, -0.05) is 18.2 Å². The van der Waals surface area contributed by atoms with Crippen LogP contribution in [0.3, 0.4) is 0 Å². The van der Waals surface area contributed by atoms with Gasteiger partial charge in [0.1, 0.15) is 5.75 Å². The molecule has 2 rings (SSSR count). The molecule has 0 unspecified atom stereocenters. The molecule has 0 heterocycles. The van der Waals surface area contributed by atoms with E-state index in [9.17, 15) is 9.59 Å². The molecule has 2 aromatic rings. The first-order valence-corrected chi connectivity index (χ1v) is 8.77. The number of hydrogen-bond donors (Lipinski definition) is 1. The van der Waals surface area contributed by atoms with Crippen LogP contribution in [0, 0.1) is 0 Å². The van der Waals surface area contributed by atoms with E-state index in [2.05, 4.69) is 5.32 Å². The average molecular weight is 387 g/mol. The molecular weight excluding hydrogens is 362 g/mol. The molecule has 150 valence electrons. The molecule has 1 N–H and O–H groups in total. The maximum absolute atomic E-state index is 12.2. The van der Waals surface area contributed by atoms with E-state index in [4.69, 9.17) is 18.9 Å². The molecule has 7 heteroatoms. The molecule has 2 aromatic carbocycles. The van der Waals surface area contributed by atoms with Crippen molar-refractivity contribution in [2.75, 3.05) is 21.3 Å². The summed E-state index contributed by atoms with van der Waals surface area (Å²) in [6.45, 7) is 1.87. The van der Waals surface area contributed by atoms with Crippen molar-refractivity contribution < 1.29 is 28.5 Å². The number of nitrogens with one attached hydrogen (secondary N) is 1. The van der Waals surface area contributed by atoms with Crippen molar-refractivity contribution in [3.05, 3.63) is 53.6 Å². The van der Waals surface area contributed by atoms with Crippen LogP contribution in [0.25, 0.3) is 0 Å². The van der Waals surface area contributed by atoms with E-state index in [1.165, 1.54) is 21.1 Å². The molecule has 0 bridgehead atoms. The Kier molecular flexibility index (Phi) is 7.68. The molecule has 0 fully saturated rings. The lowest BCUT2D eigenvalue weighted by molar-refractivity contribution is -0.154. The molecule has 0 spiro atoms. The van der Waals surface area contributed by atoms with Crippen LogP contribution in [-0.4, -0.2) is 39.3 Å². The summed E-state index contributed by atoms with van der Waals surface area (Å²) in [5.41, 5.74) is 1.62. The van der Waals surface area contributed by atoms with Gasteiger partial charge in [0.05, 0.1) is 27.8 Å². The van der Waals surface area contributed by atoms with Gasteiger partial charge in [0.15, 0.2) is 17.6 Å². The smallest absolute Gasteiger partial charge is 0.311 e. The number of rotatable bonds is 9. The minimum atomic E-state index is -0.897. The third-order valence-electron chi connectivity index (χ3n) is 4.10. The van der Waals surface area contributed by atoms with Crippen molar-refractivity contribution >= 4 is 11.9 Å². The lowest BCUT2D eigenvalue weighted by Crippen LogP contribution is -2.35. The first-order chi connectivity index (χ1) is 13.5. The van der Waals surface area contributed by atoms with Gasteiger partial charge in [-0.15, -0.1) is 0 Å². The molecule has 28 heavy (non-hydrogen) atoms. The zero-order valence-electron chi connectivity index (χ0n) is 16.5. The Labute approximate surface area is 164 Å². The van der Waals surface area contributed by atoms with Crippen molar-refractivity contribution in [2.45, 2.75) is 26.0 Å². The highest BCUT2D eigenvalue weighted by Gasteiger charge is 2.18. The lowest BCUT2D eigenvalue weighted by atomic mass is 10.1. The van der Waals surface area contributed by atoms with Crippen LogP contribution >= 0.6 is 0 Å². The van der Waals surface area contributed by atoms with Gasteiger partial charge in [-0.3, -0.25) is 9.59 Å². The quantitative estimate of drug-likeness (QED) is 0.666. The predicted molar refractivity (Wildman–Crippen MR) is 104 cm³/mol. The Bertz CT molecular complexity index is 803. The maximum atomic E-state index is 12.2. The largest absolute Gasteiger partial charge is 0.497 e. The first kappa shape index (κ1) is 21.1. The molecule has 0 radical (unpaired) electrons. The van der Waals surface area contributed by atoms with Crippen molar-refractivity contribution in [1.29, 1.82) is 0 Å². The molecule has 1 amide bonds. The summed E-state index contributed by atoms with van der Waals surface area (Å²) in [5.74, 6) is 0.979. The molecule has 0 saturated carbocycles. The van der Waals surface area contributed by atoms with Gasteiger partial charge in [-0.05, 0) is 42.3 Å². The minimum absolute atomic E-state index is 0.0243. The number of carbonyl (C=O) groups is 2. The fourth-order valence-corrected chi connectivity index (χ4v) is 2.53. The normalized spacial score (nSPS) is 11.3. The van der Waals surface area contributed by atoms with E-state index in [1.807, 2.05) is 24.3 Å². The minimum Gasteiger partial charge on any atom is -0.497 e. The number of methoxy groups -OCH3 is 3. The summed E-state index contributed by atoms with van der Waals surface area (Å²) in [6, 6.07) is 12.5. The number of esters is 1. The average Bonchev–Trinajstić information content (AvgIpc) is 2.71. The van der Waals surface area contributed by atoms with E-state index in [-0.39, 0.29) is 12.3 Å². The Hall–Kier alpha value is -3.22. The molecule has 1 atom stereocenters. The van der Waals surface area contributed by atoms with Crippen LogP contribution < -0.4 is 19.5 Å². The van der Waals surface area contributed by atoms with Gasteiger partial charge in [0.2, 0.25) is 0 Å². The van der Waals surface area contributed by atoms with Crippen molar-refractivity contribution in [3.63, 3.8) is 0 Å². The van der Waals surface area contributed by atoms with Crippen LogP contribution in [0.2, 0.25) is 0 Å². The summed E-state index contributed by atoms with van der Waals surface area (Å²) in [6.07, 6.45) is -0.873. The summed E-state index contributed by atoms with van der Waals surface area (Å²) in [4.78, 5) is 24.3. The van der Waals surface area contributed by atoms with Gasteiger partial charge in [0, 0.05) is 6.54 Å². The van der Waals surface area contributed by atoms with Gasteiger partial charge < -0.3 is 24.3 Å². The summed E-state index contributed by atoms with van der Waals surface area (Å²) in [5, 5.41) is 2.75. The second kappa shape index (κ2) is 10.2. The van der Waals surface area contributed by atoms with E-state index < -0.39 is 12.1 Å². The van der Waals surface area contributed by atoms with Crippen molar-refractivity contribution in [1.82, 2.24) is 5.32 Å². The highest BCUT2D eigenvalue weighted by Crippen LogP contribution is 2.27. The highest BCUT2D eigenvalue weighted by molar-refractivity contribution is 5.83. The second-order valence-corrected chi connectivity index (χ2v) is 6.06. The molecule has 0 aliphatic rings. The third-order valence-corrected chi connectivity index (χ3v) is 4.10. The van der Waals surface area contributed by atoms with E-state index >= 15 is 0 Å².